The lowest BCUT2D eigenvalue weighted by molar-refractivity contribution is -0.163. The van der Waals surface area contributed by atoms with Crippen LogP contribution in [0.25, 0.3) is 0 Å². The monoisotopic (exact) mass is 414 g/mol. The number of carbonyl (C=O) groups is 2. The van der Waals surface area contributed by atoms with Gasteiger partial charge in [-0.3, -0.25) is 9.59 Å². The van der Waals surface area contributed by atoms with Crippen molar-refractivity contribution in [3.8, 4) is 0 Å². The molecule has 0 saturated carbocycles. The third-order valence-electron chi connectivity index (χ3n) is 5.30. The van der Waals surface area contributed by atoms with Gasteiger partial charge in [0.25, 0.3) is 0 Å². The van der Waals surface area contributed by atoms with E-state index in [4.69, 9.17) is 11.6 Å². The maximum absolute atomic E-state index is 13.0. The van der Waals surface area contributed by atoms with Gasteiger partial charge in [-0.25, -0.2) is 0 Å². The zero-order valence-corrected chi connectivity index (χ0v) is 18.8. The first-order valence-electron chi connectivity index (χ1n) is 10.2. The van der Waals surface area contributed by atoms with Crippen LogP contribution in [0.4, 0.5) is 0 Å². The molecule has 0 aromatic heterocycles. The smallest absolute Gasteiger partial charge is 0.248 e. The molecule has 1 heterocycles. The molecule has 0 aliphatic carbocycles. The Balaban J connectivity index is 0.00000145. The number of benzene rings is 2. The summed E-state index contributed by atoms with van der Waals surface area (Å²) in [5.74, 6) is -0.0242. The van der Waals surface area contributed by atoms with Crippen molar-refractivity contribution in [2.75, 3.05) is 13.6 Å². The summed E-state index contributed by atoms with van der Waals surface area (Å²) in [4.78, 5) is 29.2. The molecule has 3 rings (SSSR count). The highest BCUT2D eigenvalue weighted by atomic mass is 35.5. The average molecular weight is 415 g/mol. The van der Waals surface area contributed by atoms with Crippen LogP contribution in [0.2, 0.25) is 5.02 Å². The van der Waals surface area contributed by atoms with Crippen molar-refractivity contribution in [2.24, 2.45) is 0 Å². The molecule has 156 valence electrons. The highest BCUT2D eigenvalue weighted by Gasteiger charge is 2.50. The van der Waals surface area contributed by atoms with E-state index in [0.29, 0.717) is 31.0 Å². The van der Waals surface area contributed by atoms with Gasteiger partial charge in [0.05, 0.1) is 6.42 Å². The van der Waals surface area contributed by atoms with Crippen LogP contribution in [-0.4, -0.2) is 40.7 Å². The Labute approximate surface area is 179 Å². The quantitative estimate of drug-likeness (QED) is 0.700. The lowest BCUT2D eigenvalue weighted by atomic mass is 9.84. The van der Waals surface area contributed by atoms with E-state index in [1.54, 1.807) is 16.8 Å². The predicted octanol–water partition coefficient (Wildman–Crippen LogP) is 4.87. The van der Waals surface area contributed by atoms with E-state index in [0.717, 1.165) is 16.7 Å². The predicted molar refractivity (Wildman–Crippen MR) is 119 cm³/mol. The van der Waals surface area contributed by atoms with Gasteiger partial charge in [0, 0.05) is 25.2 Å². The summed E-state index contributed by atoms with van der Waals surface area (Å²) >= 11 is 5.92. The number of rotatable bonds is 5. The van der Waals surface area contributed by atoms with Crippen molar-refractivity contribution in [1.29, 1.82) is 0 Å². The Morgan fingerprint density at radius 1 is 1.10 bits per heavy atom. The number of carbonyl (C=O) groups excluding carboxylic acids is 2. The van der Waals surface area contributed by atoms with E-state index in [9.17, 15) is 9.59 Å². The summed E-state index contributed by atoms with van der Waals surface area (Å²) in [6.45, 7) is 9.00. The van der Waals surface area contributed by atoms with Crippen LogP contribution in [0.1, 0.15) is 43.9 Å². The molecule has 1 atom stereocenters. The fourth-order valence-corrected chi connectivity index (χ4v) is 3.75. The molecule has 1 saturated heterocycles. The van der Waals surface area contributed by atoms with Gasteiger partial charge in [-0.15, -0.1) is 0 Å². The van der Waals surface area contributed by atoms with Gasteiger partial charge in [-0.05, 0) is 43.5 Å². The van der Waals surface area contributed by atoms with Crippen LogP contribution in [0.5, 0.6) is 0 Å². The van der Waals surface area contributed by atoms with Crippen LogP contribution in [-0.2, 0) is 22.6 Å². The van der Waals surface area contributed by atoms with Gasteiger partial charge in [-0.2, -0.15) is 0 Å². The summed E-state index contributed by atoms with van der Waals surface area (Å²) in [6, 6.07) is 15.4. The van der Waals surface area contributed by atoms with Gasteiger partial charge in [0.1, 0.15) is 5.54 Å². The second kappa shape index (κ2) is 9.93. The summed E-state index contributed by atoms with van der Waals surface area (Å²) in [5, 5.41) is 0.673. The van der Waals surface area contributed by atoms with E-state index >= 15 is 0 Å². The molecule has 1 aliphatic heterocycles. The summed E-state index contributed by atoms with van der Waals surface area (Å²) in [7, 11) is 1.78. The lowest BCUT2D eigenvalue weighted by Gasteiger charge is -2.50. The minimum atomic E-state index is -0.762. The zero-order valence-electron chi connectivity index (χ0n) is 18.0. The SMILES string of the molecule is CC.Cc1cccc(CC(=O)N2CCC2(C)C(=O)N(C)Cc2ccc(Cl)cc2)c1. The number of amides is 2. The summed E-state index contributed by atoms with van der Waals surface area (Å²) in [5.41, 5.74) is 2.36. The summed E-state index contributed by atoms with van der Waals surface area (Å²) in [6.07, 6.45) is 1.02. The Kier molecular flexibility index (Phi) is 7.86. The molecule has 1 aliphatic rings. The van der Waals surface area contributed by atoms with E-state index < -0.39 is 5.54 Å². The van der Waals surface area contributed by atoms with Crippen molar-refractivity contribution >= 4 is 23.4 Å². The van der Waals surface area contributed by atoms with Gasteiger partial charge in [0.2, 0.25) is 11.8 Å². The molecule has 5 heteroatoms. The number of likely N-dealkylation sites (tertiary alicyclic amines) is 1. The van der Waals surface area contributed by atoms with E-state index in [-0.39, 0.29) is 11.8 Å². The van der Waals surface area contributed by atoms with Crippen molar-refractivity contribution < 1.29 is 9.59 Å². The number of nitrogens with zero attached hydrogens (tertiary/aromatic N) is 2. The molecule has 0 radical (unpaired) electrons. The molecule has 29 heavy (non-hydrogen) atoms. The minimum Gasteiger partial charge on any atom is -0.339 e. The number of hydrogen-bond donors (Lipinski definition) is 0. The average Bonchev–Trinajstić information content (AvgIpc) is 2.69. The number of halogens is 1. The van der Waals surface area contributed by atoms with E-state index in [1.807, 2.05) is 76.2 Å². The van der Waals surface area contributed by atoms with Gasteiger partial charge in [0.15, 0.2) is 0 Å². The molecule has 2 aromatic rings. The third kappa shape index (κ3) is 5.39. The number of hydrogen-bond acceptors (Lipinski definition) is 2. The van der Waals surface area contributed by atoms with Crippen LogP contribution < -0.4 is 0 Å². The standard InChI is InChI=1S/C22H25ClN2O2.C2H6/c1-16-5-4-6-18(13-16)14-20(26)25-12-11-22(25,2)21(27)24(3)15-17-7-9-19(23)10-8-17;1-2/h4-10,13H,11-12,14-15H2,1-3H3;1-2H3. The fourth-order valence-electron chi connectivity index (χ4n) is 3.62. The molecule has 1 fully saturated rings. The minimum absolute atomic E-state index is 0.00240. The fraction of sp³-hybridized carbons (Fsp3) is 0.417. The van der Waals surface area contributed by atoms with E-state index in [2.05, 4.69) is 0 Å². The Morgan fingerprint density at radius 3 is 2.31 bits per heavy atom. The Bertz CT molecular complexity index is 850. The molecule has 2 amide bonds. The van der Waals surface area contributed by atoms with Crippen molar-refractivity contribution in [1.82, 2.24) is 9.80 Å². The maximum atomic E-state index is 13.0. The highest BCUT2D eigenvalue weighted by molar-refractivity contribution is 6.30. The second-order valence-corrected chi connectivity index (χ2v) is 7.96. The second-order valence-electron chi connectivity index (χ2n) is 7.52. The van der Waals surface area contributed by atoms with Crippen LogP contribution in [0, 0.1) is 6.92 Å². The zero-order chi connectivity index (χ0) is 21.6. The molecule has 0 N–H and O–H groups in total. The Morgan fingerprint density at radius 2 is 1.76 bits per heavy atom. The third-order valence-corrected chi connectivity index (χ3v) is 5.55. The molecule has 0 bridgehead atoms. The van der Waals surface area contributed by atoms with Gasteiger partial charge in [-0.1, -0.05) is 67.4 Å². The van der Waals surface area contributed by atoms with Gasteiger partial charge < -0.3 is 9.80 Å². The van der Waals surface area contributed by atoms with Crippen LogP contribution >= 0.6 is 11.6 Å². The topological polar surface area (TPSA) is 40.6 Å². The number of aryl methyl sites for hydroxylation is 1. The van der Waals surface area contributed by atoms with Gasteiger partial charge >= 0.3 is 0 Å². The molecule has 0 spiro atoms. The largest absolute Gasteiger partial charge is 0.339 e. The van der Waals surface area contributed by atoms with Crippen molar-refractivity contribution in [3.63, 3.8) is 0 Å². The molecule has 1 unspecified atom stereocenters. The first-order chi connectivity index (χ1) is 13.8. The van der Waals surface area contributed by atoms with Crippen LogP contribution in [0.3, 0.4) is 0 Å². The first-order valence-corrected chi connectivity index (χ1v) is 10.5. The van der Waals surface area contributed by atoms with Crippen LogP contribution in [0.15, 0.2) is 48.5 Å². The normalized spacial score (nSPS) is 17.7. The molecular formula is C24H31ClN2O2. The molecule has 2 aromatic carbocycles. The van der Waals surface area contributed by atoms with E-state index in [1.165, 1.54) is 0 Å². The number of likely N-dealkylation sites (N-methyl/N-ethyl adjacent to an activating group) is 1. The first kappa shape index (κ1) is 23.0. The molecule has 4 nitrogen and oxygen atoms in total. The highest BCUT2D eigenvalue weighted by Crippen LogP contribution is 2.33. The summed E-state index contributed by atoms with van der Waals surface area (Å²) < 4.78 is 0. The van der Waals surface area contributed by atoms with Crippen molar-refractivity contribution in [2.45, 2.75) is 52.6 Å². The Hall–Kier alpha value is -2.33. The lowest BCUT2D eigenvalue weighted by Crippen LogP contribution is -2.67. The van der Waals surface area contributed by atoms with Crippen molar-refractivity contribution in [3.05, 3.63) is 70.2 Å². The maximum Gasteiger partial charge on any atom is 0.248 e. The molecular weight excluding hydrogens is 384 g/mol.